The molecule has 0 saturated heterocycles. The molecule has 1 aliphatic rings. The molecule has 1 aliphatic heterocycles. The Morgan fingerprint density at radius 3 is 2.62 bits per heavy atom. The Morgan fingerprint density at radius 1 is 1.33 bits per heavy atom. The predicted molar refractivity (Wildman–Crippen MR) is 81.5 cm³/mol. The van der Waals surface area contributed by atoms with Crippen LogP contribution >= 0.6 is 0 Å². The van der Waals surface area contributed by atoms with Crippen LogP contribution in [0.25, 0.3) is 6.08 Å². The Bertz CT molecular complexity index is 628. The lowest BCUT2D eigenvalue weighted by Crippen LogP contribution is -2.19. The SMILES string of the molecule is C/C(=N\OC(C)C)C1=C(O)/C(=C/c2ccccc2)NC1=O. The van der Waals surface area contributed by atoms with Gasteiger partial charge in [0.15, 0.2) is 5.76 Å². The highest BCUT2D eigenvalue weighted by atomic mass is 16.6. The van der Waals surface area contributed by atoms with Gasteiger partial charge in [-0.25, -0.2) is 0 Å². The van der Waals surface area contributed by atoms with Gasteiger partial charge in [-0.3, -0.25) is 4.79 Å². The number of oxime groups is 1. The lowest BCUT2D eigenvalue weighted by molar-refractivity contribution is -0.115. The number of nitrogens with one attached hydrogen (secondary N) is 1. The number of nitrogens with zero attached hydrogens (tertiary/aromatic N) is 1. The standard InChI is InChI=1S/C16H18N2O3/c1-10(2)21-18-11(3)14-15(19)13(17-16(14)20)9-12-7-5-4-6-8-12/h4-10,19H,1-3H3,(H,17,20)/b13-9-,18-11+. The van der Waals surface area contributed by atoms with Crippen LogP contribution in [0.1, 0.15) is 26.3 Å². The monoisotopic (exact) mass is 286 g/mol. The van der Waals surface area contributed by atoms with Crippen LogP contribution in [-0.4, -0.2) is 22.8 Å². The second kappa shape index (κ2) is 6.26. The summed E-state index contributed by atoms with van der Waals surface area (Å²) in [7, 11) is 0. The Hall–Kier alpha value is -2.56. The molecule has 21 heavy (non-hydrogen) atoms. The van der Waals surface area contributed by atoms with E-state index in [0.717, 1.165) is 5.56 Å². The zero-order chi connectivity index (χ0) is 15.4. The number of rotatable bonds is 4. The quantitative estimate of drug-likeness (QED) is 0.660. The fourth-order valence-corrected chi connectivity index (χ4v) is 1.87. The van der Waals surface area contributed by atoms with Crippen molar-refractivity contribution >= 4 is 17.7 Å². The number of hydrogen-bond acceptors (Lipinski definition) is 4. The summed E-state index contributed by atoms with van der Waals surface area (Å²) in [6.45, 7) is 5.29. The normalized spacial score (nSPS) is 17.6. The summed E-state index contributed by atoms with van der Waals surface area (Å²) in [6, 6.07) is 9.43. The van der Waals surface area contributed by atoms with Crippen LogP contribution in [0.4, 0.5) is 0 Å². The van der Waals surface area contributed by atoms with Crippen LogP contribution in [0.15, 0.2) is 52.5 Å². The van der Waals surface area contributed by atoms with Crippen LogP contribution in [0.3, 0.4) is 0 Å². The molecular weight excluding hydrogens is 268 g/mol. The van der Waals surface area contributed by atoms with Gasteiger partial charge in [-0.1, -0.05) is 35.5 Å². The Labute approximate surface area is 123 Å². The molecular formula is C16H18N2O3. The highest BCUT2D eigenvalue weighted by Gasteiger charge is 2.29. The molecule has 2 rings (SSSR count). The van der Waals surface area contributed by atoms with Crippen molar-refractivity contribution in [1.82, 2.24) is 5.32 Å². The summed E-state index contributed by atoms with van der Waals surface area (Å²) < 4.78 is 0. The van der Waals surface area contributed by atoms with Crippen molar-refractivity contribution in [2.24, 2.45) is 5.16 Å². The Morgan fingerprint density at radius 2 is 2.00 bits per heavy atom. The van der Waals surface area contributed by atoms with Gasteiger partial charge in [0.2, 0.25) is 0 Å². The van der Waals surface area contributed by atoms with E-state index >= 15 is 0 Å². The maximum atomic E-state index is 12.0. The average Bonchev–Trinajstić information content (AvgIpc) is 2.72. The zero-order valence-corrected chi connectivity index (χ0v) is 12.3. The molecule has 1 aromatic rings. The minimum atomic E-state index is -0.386. The summed E-state index contributed by atoms with van der Waals surface area (Å²) in [6.07, 6.45) is 1.61. The van der Waals surface area contributed by atoms with Crippen molar-refractivity contribution in [3.8, 4) is 0 Å². The summed E-state index contributed by atoms with van der Waals surface area (Å²) >= 11 is 0. The number of aliphatic hydroxyl groups is 1. The summed E-state index contributed by atoms with van der Waals surface area (Å²) in [5.41, 5.74) is 1.72. The van der Waals surface area contributed by atoms with E-state index in [1.165, 1.54) is 0 Å². The number of amides is 1. The molecule has 5 nitrogen and oxygen atoms in total. The first-order valence-corrected chi connectivity index (χ1v) is 6.71. The van der Waals surface area contributed by atoms with Gasteiger partial charge in [0.05, 0.1) is 11.4 Å². The summed E-state index contributed by atoms with van der Waals surface area (Å²) in [5.74, 6) is -0.499. The topological polar surface area (TPSA) is 70.9 Å². The van der Waals surface area contributed by atoms with E-state index in [4.69, 9.17) is 4.84 Å². The number of hydrogen-bond donors (Lipinski definition) is 2. The largest absolute Gasteiger partial charge is 0.505 e. The molecule has 2 N–H and O–H groups in total. The molecule has 0 radical (unpaired) electrons. The molecule has 1 heterocycles. The number of carbonyl (C=O) groups excluding carboxylic acids is 1. The third kappa shape index (κ3) is 3.51. The van der Waals surface area contributed by atoms with Gasteiger partial charge in [0, 0.05) is 0 Å². The van der Waals surface area contributed by atoms with Gasteiger partial charge in [-0.15, -0.1) is 0 Å². The second-order valence-corrected chi connectivity index (χ2v) is 4.98. The van der Waals surface area contributed by atoms with E-state index in [2.05, 4.69) is 10.5 Å². The van der Waals surface area contributed by atoms with Crippen LogP contribution in [-0.2, 0) is 9.63 Å². The van der Waals surface area contributed by atoms with E-state index in [9.17, 15) is 9.90 Å². The molecule has 1 aromatic carbocycles. The Kier molecular flexibility index (Phi) is 4.42. The fraction of sp³-hybridized carbons (Fsp3) is 0.250. The van der Waals surface area contributed by atoms with Crippen molar-refractivity contribution in [1.29, 1.82) is 0 Å². The van der Waals surface area contributed by atoms with Crippen molar-refractivity contribution in [3.05, 3.63) is 52.9 Å². The molecule has 5 heteroatoms. The van der Waals surface area contributed by atoms with Gasteiger partial charge < -0.3 is 15.3 Å². The van der Waals surface area contributed by atoms with Gasteiger partial charge in [0.1, 0.15) is 11.7 Å². The molecule has 0 bridgehead atoms. The highest BCUT2D eigenvalue weighted by Crippen LogP contribution is 2.22. The first kappa shape index (κ1) is 14.8. The van der Waals surface area contributed by atoms with Crippen LogP contribution in [0.2, 0.25) is 0 Å². The van der Waals surface area contributed by atoms with Crippen LogP contribution in [0.5, 0.6) is 0 Å². The molecule has 0 aliphatic carbocycles. The lowest BCUT2D eigenvalue weighted by Gasteiger charge is -2.04. The van der Waals surface area contributed by atoms with Gasteiger partial charge in [0.25, 0.3) is 5.91 Å². The van der Waals surface area contributed by atoms with Gasteiger partial charge in [-0.2, -0.15) is 0 Å². The second-order valence-electron chi connectivity index (χ2n) is 4.98. The number of aliphatic hydroxyl groups excluding tert-OH is 1. The van der Waals surface area contributed by atoms with Crippen LogP contribution < -0.4 is 5.32 Å². The average molecular weight is 286 g/mol. The first-order chi connectivity index (χ1) is 9.99. The number of carbonyl (C=O) groups is 1. The first-order valence-electron chi connectivity index (χ1n) is 6.71. The van der Waals surface area contributed by atoms with E-state index in [-0.39, 0.29) is 23.3 Å². The molecule has 1 amide bonds. The van der Waals surface area contributed by atoms with Gasteiger partial charge >= 0.3 is 0 Å². The lowest BCUT2D eigenvalue weighted by atomic mass is 10.1. The molecule has 0 atom stereocenters. The van der Waals surface area contributed by atoms with E-state index < -0.39 is 0 Å². The Balaban J connectivity index is 2.31. The summed E-state index contributed by atoms with van der Waals surface area (Å²) in [5, 5.41) is 16.7. The highest BCUT2D eigenvalue weighted by molar-refractivity contribution is 6.24. The maximum Gasteiger partial charge on any atom is 0.261 e. The summed E-state index contributed by atoms with van der Waals surface area (Å²) in [4.78, 5) is 17.1. The third-order valence-electron chi connectivity index (χ3n) is 2.84. The van der Waals surface area contributed by atoms with Crippen molar-refractivity contribution in [3.63, 3.8) is 0 Å². The molecule has 110 valence electrons. The van der Waals surface area contributed by atoms with Crippen LogP contribution in [0, 0.1) is 0 Å². The molecule has 0 aromatic heterocycles. The molecule has 0 fully saturated rings. The predicted octanol–water partition coefficient (Wildman–Crippen LogP) is 2.77. The molecule has 0 saturated carbocycles. The molecule has 0 unspecified atom stereocenters. The molecule has 0 spiro atoms. The van der Waals surface area contributed by atoms with E-state index in [1.807, 2.05) is 44.2 Å². The van der Waals surface area contributed by atoms with Gasteiger partial charge in [-0.05, 0) is 32.4 Å². The van der Waals surface area contributed by atoms with Crippen molar-refractivity contribution in [2.75, 3.05) is 0 Å². The minimum absolute atomic E-state index is 0.0912. The maximum absolute atomic E-state index is 12.0. The minimum Gasteiger partial charge on any atom is -0.505 e. The number of benzene rings is 1. The van der Waals surface area contributed by atoms with E-state index in [0.29, 0.717) is 11.4 Å². The zero-order valence-electron chi connectivity index (χ0n) is 12.3. The third-order valence-corrected chi connectivity index (χ3v) is 2.84. The van der Waals surface area contributed by atoms with E-state index in [1.54, 1.807) is 13.0 Å². The van der Waals surface area contributed by atoms with Crippen molar-refractivity contribution < 1.29 is 14.7 Å². The smallest absolute Gasteiger partial charge is 0.261 e. The fourth-order valence-electron chi connectivity index (χ4n) is 1.87. The van der Waals surface area contributed by atoms with Crippen molar-refractivity contribution in [2.45, 2.75) is 26.9 Å².